The van der Waals surface area contributed by atoms with Crippen LogP contribution in [0.5, 0.6) is 0 Å². The van der Waals surface area contributed by atoms with E-state index in [1.54, 1.807) is 0 Å². The van der Waals surface area contributed by atoms with E-state index in [2.05, 4.69) is 56.5 Å². The molecule has 1 fully saturated rings. The summed E-state index contributed by atoms with van der Waals surface area (Å²) in [6.07, 6.45) is 4.09. The van der Waals surface area contributed by atoms with Crippen molar-refractivity contribution in [3.63, 3.8) is 0 Å². The Bertz CT molecular complexity index is 257. The molecule has 0 amide bonds. The van der Waals surface area contributed by atoms with E-state index in [0.29, 0.717) is 3.42 Å². The molecule has 0 aromatic heterocycles. The van der Waals surface area contributed by atoms with Gasteiger partial charge in [0.1, 0.15) is 0 Å². The van der Waals surface area contributed by atoms with Crippen molar-refractivity contribution in [2.45, 2.75) is 67.7 Å². The van der Waals surface area contributed by atoms with Gasteiger partial charge < -0.3 is 9.16 Å². The van der Waals surface area contributed by atoms with E-state index in [4.69, 9.17) is 9.16 Å². The van der Waals surface area contributed by atoms with Crippen molar-refractivity contribution in [1.82, 2.24) is 0 Å². The van der Waals surface area contributed by atoms with Crippen molar-refractivity contribution >= 4 is 30.9 Å². The van der Waals surface area contributed by atoms with Crippen LogP contribution in [0.3, 0.4) is 0 Å². The molecule has 0 aromatic carbocycles. The summed E-state index contributed by atoms with van der Waals surface area (Å²) in [6, 6.07) is 0. The first-order chi connectivity index (χ1) is 7.60. The number of halogens is 1. The molecule has 0 spiro atoms. The van der Waals surface area contributed by atoms with Crippen molar-refractivity contribution in [2.75, 3.05) is 13.7 Å². The molecule has 1 rings (SSSR count). The van der Waals surface area contributed by atoms with Gasteiger partial charge in [0.25, 0.3) is 0 Å². The minimum atomic E-state index is -1.62. The standard InChI is InChI=1S/C13H27IO2Si/c1-12(2,3)17(5,6)16-10-11(15-4)9-13(14)7-8-13/h11H,7-10H2,1-6H3/t11-/m1/s1. The number of methoxy groups -OCH3 is 1. The molecule has 0 unspecified atom stereocenters. The second-order valence-electron chi connectivity index (χ2n) is 6.78. The van der Waals surface area contributed by atoms with E-state index < -0.39 is 8.32 Å². The minimum absolute atomic E-state index is 0.267. The summed E-state index contributed by atoms with van der Waals surface area (Å²) in [5.74, 6) is 0. The maximum atomic E-state index is 6.23. The first kappa shape index (κ1) is 15.9. The maximum absolute atomic E-state index is 6.23. The molecule has 0 heterocycles. The van der Waals surface area contributed by atoms with Gasteiger partial charge in [0.15, 0.2) is 8.32 Å². The highest BCUT2D eigenvalue weighted by Gasteiger charge is 2.43. The molecule has 1 atom stereocenters. The normalized spacial score (nSPS) is 21.4. The Labute approximate surface area is 121 Å². The predicted molar refractivity (Wildman–Crippen MR) is 84.5 cm³/mol. The average molecular weight is 370 g/mol. The molecule has 1 saturated carbocycles. The van der Waals surface area contributed by atoms with E-state index >= 15 is 0 Å². The Morgan fingerprint density at radius 1 is 1.29 bits per heavy atom. The Balaban J connectivity index is 2.42. The summed E-state index contributed by atoms with van der Waals surface area (Å²) in [5.41, 5.74) is 0. The van der Waals surface area contributed by atoms with Crippen LogP contribution in [0.15, 0.2) is 0 Å². The van der Waals surface area contributed by atoms with E-state index in [1.807, 2.05) is 7.11 Å². The number of hydrogen-bond donors (Lipinski definition) is 0. The Morgan fingerprint density at radius 2 is 1.82 bits per heavy atom. The van der Waals surface area contributed by atoms with E-state index in [-0.39, 0.29) is 11.1 Å². The van der Waals surface area contributed by atoms with Gasteiger partial charge >= 0.3 is 0 Å². The fraction of sp³-hybridized carbons (Fsp3) is 1.00. The summed E-state index contributed by atoms with van der Waals surface area (Å²) >= 11 is 2.58. The van der Waals surface area contributed by atoms with Gasteiger partial charge in [0.05, 0.1) is 12.7 Å². The largest absolute Gasteiger partial charge is 0.414 e. The van der Waals surface area contributed by atoms with Crippen LogP contribution in [-0.4, -0.2) is 31.6 Å². The monoisotopic (exact) mass is 370 g/mol. The molecule has 0 saturated heterocycles. The number of ether oxygens (including phenoxy) is 1. The van der Waals surface area contributed by atoms with Crippen molar-refractivity contribution in [1.29, 1.82) is 0 Å². The predicted octanol–water partition coefficient (Wildman–Crippen LogP) is 4.38. The summed E-state index contributed by atoms with van der Waals surface area (Å²) in [6.45, 7) is 12.2. The summed E-state index contributed by atoms with van der Waals surface area (Å²) in [5, 5.41) is 0.285. The van der Waals surface area contributed by atoms with Crippen LogP contribution in [0.1, 0.15) is 40.0 Å². The second-order valence-corrected chi connectivity index (χ2v) is 13.9. The van der Waals surface area contributed by atoms with Gasteiger partial charge in [-0.3, -0.25) is 0 Å². The van der Waals surface area contributed by atoms with Gasteiger partial charge in [-0.15, -0.1) is 0 Å². The van der Waals surface area contributed by atoms with Crippen LogP contribution in [-0.2, 0) is 9.16 Å². The molecular weight excluding hydrogens is 343 g/mol. The second kappa shape index (κ2) is 5.47. The molecule has 4 heteroatoms. The van der Waals surface area contributed by atoms with Gasteiger partial charge in [0.2, 0.25) is 0 Å². The fourth-order valence-electron chi connectivity index (χ4n) is 1.48. The van der Waals surface area contributed by atoms with Crippen molar-refractivity contribution < 1.29 is 9.16 Å². The summed E-state index contributed by atoms with van der Waals surface area (Å²) in [7, 11) is 0.186. The molecule has 1 aliphatic carbocycles. The third kappa shape index (κ3) is 4.80. The third-order valence-corrected chi connectivity index (χ3v) is 10.2. The molecule has 17 heavy (non-hydrogen) atoms. The number of rotatable bonds is 6. The van der Waals surface area contributed by atoms with Gasteiger partial charge in [-0.25, -0.2) is 0 Å². The third-order valence-electron chi connectivity index (χ3n) is 4.16. The molecule has 1 aliphatic rings. The molecule has 0 radical (unpaired) electrons. The van der Waals surface area contributed by atoms with Crippen molar-refractivity contribution in [3.05, 3.63) is 0 Å². The van der Waals surface area contributed by atoms with Crippen LogP contribution in [0.4, 0.5) is 0 Å². The molecule has 0 N–H and O–H groups in total. The lowest BCUT2D eigenvalue weighted by Gasteiger charge is -2.37. The zero-order valence-corrected chi connectivity index (χ0v) is 15.3. The van der Waals surface area contributed by atoms with Crippen LogP contribution in [0.25, 0.3) is 0 Å². The highest BCUT2D eigenvalue weighted by atomic mass is 127. The van der Waals surface area contributed by atoms with Crippen LogP contribution in [0, 0.1) is 0 Å². The Hall–Kier alpha value is 0.867. The Kier molecular flexibility index (Phi) is 5.12. The van der Waals surface area contributed by atoms with Crippen molar-refractivity contribution in [3.8, 4) is 0 Å². The molecule has 0 aliphatic heterocycles. The first-order valence-corrected chi connectivity index (χ1v) is 10.4. The van der Waals surface area contributed by atoms with Gasteiger partial charge in [0, 0.05) is 10.5 Å². The minimum Gasteiger partial charge on any atom is -0.414 e. The Morgan fingerprint density at radius 3 is 2.18 bits per heavy atom. The van der Waals surface area contributed by atoms with Crippen LogP contribution < -0.4 is 0 Å². The fourth-order valence-corrected chi connectivity index (χ4v) is 3.27. The molecule has 2 nitrogen and oxygen atoms in total. The quantitative estimate of drug-likeness (QED) is 0.392. The number of alkyl halides is 1. The highest BCUT2D eigenvalue weighted by molar-refractivity contribution is 14.1. The van der Waals surface area contributed by atoms with Crippen LogP contribution >= 0.6 is 22.6 Å². The maximum Gasteiger partial charge on any atom is 0.192 e. The first-order valence-electron chi connectivity index (χ1n) is 6.45. The molecular formula is C13H27IO2Si. The zero-order valence-electron chi connectivity index (χ0n) is 12.1. The molecule has 0 bridgehead atoms. The van der Waals surface area contributed by atoms with Gasteiger partial charge in [-0.1, -0.05) is 43.4 Å². The zero-order chi connectivity index (χ0) is 13.3. The van der Waals surface area contributed by atoms with E-state index in [0.717, 1.165) is 13.0 Å². The molecule has 102 valence electrons. The van der Waals surface area contributed by atoms with E-state index in [1.165, 1.54) is 12.8 Å². The van der Waals surface area contributed by atoms with Gasteiger partial charge in [-0.2, -0.15) is 0 Å². The topological polar surface area (TPSA) is 18.5 Å². The lowest BCUT2D eigenvalue weighted by Crippen LogP contribution is -2.43. The number of hydrogen-bond acceptors (Lipinski definition) is 2. The lowest BCUT2D eigenvalue weighted by atomic mass is 10.2. The average Bonchev–Trinajstić information content (AvgIpc) is 2.89. The van der Waals surface area contributed by atoms with Crippen molar-refractivity contribution in [2.24, 2.45) is 0 Å². The van der Waals surface area contributed by atoms with Gasteiger partial charge in [-0.05, 0) is 37.4 Å². The van der Waals surface area contributed by atoms with E-state index in [9.17, 15) is 0 Å². The van der Waals surface area contributed by atoms with Crippen LogP contribution in [0.2, 0.25) is 18.1 Å². The summed E-state index contributed by atoms with van der Waals surface area (Å²) < 4.78 is 12.3. The highest BCUT2D eigenvalue weighted by Crippen LogP contribution is 2.49. The summed E-state index contributed by atoms with van der Waals surface area (Å²) in [4.78, 5) is 0. The SMILES string of the molecule is CO[C@@H](CO[Si](C)(C)C(C)(C)C)CC1(I)CC1. The lowest BCUT2D eigenvalue weighted by molar-refractivity contribution is 0.0466. The smallest absolute Gasteiger partial charge is 0.192 e. The molecule has 0 aromatic rings.